The zero-order chi connectivity index (χ0) is 17.4. The van der Waals surface area contributed by atoms with Gasteiger partial charge in [-0.1, -0.05) is 65.7 Å². The van der Waals surface area contributed by atoms with E-state index in [0.717, 1.165) is 16.3 Å². The number of hydrogen-bond acceptors (Lipinski definition) is 3. The van der Waals surface area contributed by atoms with Gasteiger partial charge in [0, 0.05) is 22.2 Å². The van der Waals surface area contributed by atoms with Gasteiger partial charge in [0.2, 0.25) is 5.78 Å². The van der Waals surface area contributed by atoms with Crippen molar-refractivity contribution in [3.05, 3.63) is 81.8 Å². The maximum absolute atomic E-state index is 13.0. The number of hydrogen-bond donors (Lipinski definition) is 1. The van der Waals surface area contributed by atoms with Crippen molar-refractivity contribution in [2.75, 3.05) is 6.54 Å². The Balaban J connectivity index is 1.70. The van der Waals surface area contributed by atoms with E-state index in [9.17, 15) is 4.79 Å². The number of carbonyl (C=O) groups is 1. The highest BCUT2D eigenvalue weighted by Crippen LogP contribution is 2.31. The van der Waals surface area contributed by atoms with Crippen molar-refractivity contribution in [1.29, 1.82) is 0 Å². The minimum Gasteiger partial charge on any atom is -0.309 e. The van der Waals surface area contributed by atoms with E-state index in [4.69, 9.17) is 23.2 Å². The summed E-state index contributed by atoms with van der Waals surface area (Å²) in [5.41, 5.74) is 4.87. The van der Waals surface area contributed by atoms with Crippen molar-refractivity contribution >= 4 is 45.5 Å². The van der Waals surface area contributed by atoms with Crippen LogP contribution in [0.1, 0.15) is 21.8 Å². The fourth-order valence-electron chi connectivity index (χ4n) is 3.13. The second kappa shape index (κ2) is 6.51. The third kappa shape index (κ3) is 3.01. The Hall–Kier alpha value is -2.36. The first-order chi connectivity index (χ1) is 12.1. The normalized spacial score (nSPS) is 16.6. The Morgan fingerprint density at radius 3 is 2.60 bits per heavy atom. The number of benzene rings is 3. The van der Waals surface area contributed by atoms with Crippen LogP contribution in [-0.2, 0) is 0 Å². The molecular weight excluding hydrogens is 355 g/mol. The van der Waals surface area contributed by atoms with Gasteiger partial charge in [-0.25, -0.2) is 0 Å². The molecule has 3 aromatic rings. The van der Waals surface area contributed by atoms with E-state index in [1.807, 2.05) is 48.5 Å². The molecule has 3 nitrogen and oxygen atoms in total. The van der Waals surface area contributed by atoms with Crippen LogP contribution in [0.5, 0.6) is 0 Å². The second-order valence-corrected chi connectivity index (χ2v) is 6.81. The molecule has 1 atom stereocenters. The lowest BCUT2D eigenvalue weighted by atomic mass is 9.90. The second-order valence-electron chi connectivity index (χ2n) is 5.97. The predicted molar refractivity (Wildman–Crippen MR) is 103 cm³/mol. The van der Waals surface area contributed by atoms with Crippen LogP contribution in [-0.4, -0.2) is 18.0 Å². The Bertz CT molecular complexity index is 1010. The van der Waals surface area contributed by atoms with Gasteiger partial charge in [0.1, 0.15) is 5.71 Å². The van der Waals surface area contributed by atoms with Crippen molar-refractivity contribution in [3.63, 3.8) is 0 Å². The van der Waals surface area contributed by atoms with Gasteiger partial charge in [-0.2, -0.15) is 5.10 Å². The maximum Gasteiger partial charge on any atom is 0.209 e. The molecule has 25 heavy (non-hydrogen) atoms. The molecule has 5 heteroatoms. The number of nitrogens with one attached hydrogen (secondary N) is 1. The minimum atomic E-state index is -0.191. The molecule has 0 saturated carbocycles. The van der Waals surface area contributed by atoms with Crippen LogP contribution in [0.25, 0.3) is 10.8 Å². The van der Waals surface area contributed by atoms with Crippen LogP contribution < -0.4 is 5.43 Å². The fraction of sp³-hybridized carbons (Fsp3) is 0.100. The van der Waals surface area contributed by atoms with Crippen LogP contribution >= 0.6 is 23.2 Å². The molecule has 4 rings (SSSR count). The molecule has 3 aromatic carbocycles. The van der Waals surface area contributed by atoms with E-state index in [1.54, 1.807) is 12.1 Å². The average molecular weight is 369 g/mol. The third-order valence-electron chi connectivity index (χ3n) is 4.41. The molecule has 0 aromatic heterocycles. The monoisotopic (exact) mass is 368 g/mol. The van der Waals surface area contributed by atoms with E-state index in [0.29, 0.717) is 27.9 Å². The van der Waals surface area contributed by atoms with E-state index in [2.05, 4.69) is 10.5 Å². The first-order valence-electron chi connectivity index (χ1n) is 7.92. The largest absolute Gasteiger partial charge is 0.309 e. The Labute approximate surface area is 155 Å². The van der Waals surface area contributed by atoms with Gasteiger partial charge in [0.25, 0.3) is 0 Å². The summed E-state index contributed by atoms with van der Waals surface area (Å²) in [5.74, 6) is -0.282. The minimum absolute atomic E-state index is 0.0910. The zero-order valence-electron chi connectivity index (χ0n) is 13.2. The highest BCUT2D eigenvalue weighted by Gasteiger charge is 2.31. The number of rotatable bonds is 3. The average Bonchev–Trinajstić information content (AvgIpc) is 3.10. The number of halogens is 2. The molecule has 1 N–H and O–H groups in total. The molecular formula is C20H14Cl2N2O. The van der Waals surface area contributed by atoms with Gasteiger partial charge in [-0.3, -0.25) is 4.79 Å². The molecule has 1 heterocycles. The molecule has 0 radical (unpaired) electrons. The SMILES string of the molecule is O=C(C1=NNC[C@@H]1c1ccc(Cl)cc1Cl)c1ccc2ccccc2c1. The molecule has 1 aliphatic heterocycles. The first-order valence-corrected chi connectivity index (χ1v) is 8.68. The van der Waals surface area contributed by atoms with Crippen molar-refractivity contribution in [2.24, 2.45) is 5.10 Å². The molecule has 0 aliphatic carbocycles. The van der Waals surface area contributed by atoms with Crippen LogP contribution in [0.3, 0.4) is 0 Å². The molecule has 0 amide bonds. The number of Topliss-reactive ketones (excluding diaryl/α,β-unsaturated/α-hetero) is 1. The number of ketones is 1. The molecule has 0 unspecified atom stereocenters. The molecule has 0 spiro atoms. The van der Waals surface area contributed by atoms with Crippen molar-refractivity contribution in [2.45, 2.75) is 5.92 Å². The maximum atomic E-state index is 13.0. The summed E-state index contributed by atoms with van der Waals surface area (Å²) in [7, 11) is 0. The smallest absolute Gasteiger partial charge is 0.209 e. The lowest BCUT2D eigenvalue weighted by Gasteiger charge is -2.14. The summed E-state index contributed by atoms with van der Waals surface area (Å²) in [5, 5.41) is 7.48. The van der Waals surface area contributed by atoms with Gasteiger partial charge >= 0.3 is 0 Å². The van der Waals surface area contributed by atoms with Gasteiger partial charge in [0.15, 0.2) is 0 Å². The van der Waals surface area contributed by atoms with E-state index in [-0.39, 0.29) is 11.7 Å². The topological polar surface area (TPSA) is 41.5 Å². The predicted octanol–water partition coefficient (Wildman–Crippen LogP) is 5.07. The molecule has 0 fully saturated rings. The highest BCUT2D eigenvalue weighted by atomic mass is 35.5. The Morgan fingerprint density at radius 1 is 1.00 bits per heavy atom. The number of fused-ring (bicyclic) bond motifs is 1. The van der Waals surface area contributed by atoms with Gasteiger partial charge in [0.05, 0.1) is 5.92 Å². The van der Waals surface area contributed by atoms with Crippen LogP contribution in [0, 0.1) is 0 Å². The van der Waals surface area contributed by atoms with Crippen LogP contribution in [0.4, 0.5) is 0 Å². The number of nitrogens with zero attached hydrogens (tertiary/aromatic N) is 1. The highest BCUT2D eigenvalue weighted by molar-refractivity contribution is 6.48. The summed E-state index contributed by atoms with van der Waals surface area (Å²) in [6.45, 7) is 0.538. The molecule has 0 saturated heterocycles. The van der Waals surface area contributed by atoms with E-state index >= 15 is 0 Å². The van der Waals surface area contributed by atoms with E-state index in [1.165, 1.54) is 0 Å². The van der Waals surface area contributed by atoms with Crippen LogP contribution in [0.2, 0.25) is 10.0 Å². The standard InChI is InChI=1S/C20H14Cl2N2O/c21-15-7-8-16(18(22)10-15)17-11-23-24-19(17)20(25)14-6-5-12-3-1-2-4-13(12)9-14/h1-10,17,23H,11H2/t17-/m1/s1. The number of hydrazone groups is 1. The number of carbonyl (C=O) groups excluding carboxylic acids is 1. The Kier molecular flexibility index (Phi) is 4.20. The van der Waals surface area contributed by atoms with Crippen LogP contribution in [0.15, 0.2) is 65.8 Å². The van der Waals surface area contributed by atoms with Crippen molar-refractivity contribution in [3.8, 4) is 0 Å². The van der Waals surface area contributed by atoms with Gasteiger partial charge in [-0.05, 0) is 34.5 Å². The Morgan fingerprint density at radius 2 is 1.80 bits per heavy atom. The fourth-order valence-corrected chi connectivity index (χ4v) is 3.67. The van der Waals surface area contributed by atoms with Gasteiger partial charge in [-0.15, -0.1) is 0 Å². The summed E-state index contributed by atoms with van der Waals surface area (Å²) < 4.78 is 0. The van der Waals surface area contributed by atoms with E-state index < -0.39 is 0 Å². The zero-order valence-corrected chi connectivity index (χ0v) is 14.7. The summed E-state index contributed by atoms with van der Waals surface area (Å²) >= 11 is 12.3. The van der Waals surface area contributed by atoms with Crippen molar-refractivity contribution in [1.82, 2.24) is 5.43 Å². The lowest BCUT2D eigenvalue weighted by molar-refractivity contribution is 0.106. The summed E-state index contributed by atoms with van der Waals surface area (Å²) in [6, 6.07) is 19.0. The quantitative estimate of drug-likeness (QED) is 0.655. The molecule has 0 bridgehead atoms. The lowest BCUT2D eigenvalue weighted by Crippen LogP contribution is -2.22. The molecule has 124 valence electrons. The third-order valence-corrected chi connectivity index (χ3v) is 4.97. The van der Waals surface area contributed by atoms with Gasteiger partial charge < -0.3 is 5.43 Å². The first kappa shape index (κ1) is 16.1. The molecule has 1 aliphatic rings. The van der Waals surface area contributed by atoms with Crippen molar-refractivity contribution < 1.29 is 4.79 Å². The summed E-state index contributed by atoms with van der Waals surface area (Å²) in [6.07, 6.45) is 0. The summed E-state index contributed by atoms with van der Waals surface area (Å²) in [4.78, 5) is 13.0.